The first-order valence-electron chi connectivity index (χ1n) is 7.76. The van der Waals surface area contributed by atoms with Gasteiger partial charge in [-0.1, -0.05) is 6.07 Å². The zero-order valence-electron chi connectivity index (χ0n) is 13.9. The van der Waals surface area contributed by atoms with E-state index in [2.05, 4.69) is 0 Å². The van der Waals surface area contributed by atoms with Crippen LogP contribution in [0.1, 0.15) is 10.9 Å². The van der Waals surface area contributed by atoms with Crippen LogP contribution in [0, 0.1) is 0 Å². The van der Waals surface area contributed by atoms with Crippen molar-refractivity contribution < 1.29 is 23.7 Å². The molecule has 7 heteroatoms. The molecule has 1 fully saturated rings. The molecule has 0 spiro atoms. The lowest BCUT2D eigenvalue weighted by molar-refractivity contribution is -0.115. The van der Waals surface area contributed by atoms with E-state index in [1.807, 2.05) is 30.3 Å². The fourth-order valence-corrected chi connectivity index (χ4v) is 4.14. The van der Waals surface area contributed by atoms with Crippen LogP contribution in [0.5, 0.6) is 23.0 Å². The number of nitrogens with zero attached hydrogens (tertiary/aromatic N) is 1. The van der Waals surface area contributed by atoms with Crippen LogP contribution in [0.2, 0.25) is 0 Å². The molecule has 2 aromatic rings. The standard InChI is InChI=1S/C18H17NO5S/c1-21-12-4-5-13(15(8-12)22-2)19-17(20)9-25-18(19)11-3-6-14-16(7-11)24-10-23-14/h3-8,18H,9-10H2,1-2H3/t18-/m0/s1. The van der Waals surface area contributed by atoms with Crippen molar-refractivity contribution in [3.8, 4) is 23.0 Å². The predicted molar refractivity (Wildman–Crippen MR) is 94.8 cm³/mol. The molecule has 1 atom stereocenters. The maximum absolute atomic E-state index is 12.6. The number of ether oxygens (including phenoxy) is 4. The molecule has 2 aliphatic rings. The summed E-state index contributed by atoms with van der Waals surface area (Å²) in [6.07, 6.45) is 0. The van der Waals surface area contributed by atoms with Gasteiger partial charge in [0.15, 0.2) is 11.5 Å². The van der Waals surface area contributed by atoms with E-state index >= 15 is 0 Å². The average Bonchev–Trinajstić information content (AvgIpc) is 3.26. The minimum absolute atomic E-state index is 0.0381. The van der Waals surface area contributed by atoms with Crippen LogP contribution in [0.4, 0.5) is 5.69 Å². The number of rotatable bonds is 4. The number of carbonyl (C=O) groups excluding carboxylic acids is 1. The molecule has 6 nitrogen and oxygen atoms in total. The van der Waals surface area contributed by atoms with Gasteiger partial charge in [-0.3, -0.25) is 9.69 Å². The Morgan fingerprint density at radius 3 is 2.72 bits per heavy atom. The number of methoxy groups -OCH3 is 2. The molecule has 1 amide bonds. The summed E-state index contributed by atoms with van der Waals surface area (Å²) in [6, 6.07) is 11.2. The molecule has 4 rings (SSSR count). The molecule has 0 N–H and O–H groups in total. The Hall–Kier alpha value is -2.54. The van der Waals surface area contributed by atoms with Crippen molar-refractivity contribution in [1.29, 1.82) is 0 Å². The predicted octanol–water partition coefficient (Wildman–Crippen LogP) is 3.21. The van der Waals surface area contributed by atoms with Crippen molar-refractivity contribution in [3.63, 3.8) is 0 Å². The molecule has 1 saturated heterocycles. The Morgan fingerprint density at radius 1 is 1.08 bits per heavy atom. The Labute approximate surface area is 149 Å². The molecule has 0 aromatic heterocycles. The van der Waals surface area contributed by atoms with Gasteiger partial charge in [-0.2, -0.15) is 0 Å². The number of amides is 1. The van der Waals surface area contributed by atoms with Gasteiger partial charge < -0.3 is 18.9 Å². The summed E-state index contributed by atoms with van der Waals surface area (Å²) in [5, 5.41) is -0.149. The van der Waals surface area contributed by atoms with Crippen molar-refractivity contribution in [3.05, 3.63) is 42.0 Å². The largest absolute Gasteiger partial charge is 0.497 e. The lowest BCUT2D eigenvalue weighted by Crippen LogP contribution is -2.28. The fraction of sp³-hybridized carbons (Fsp3) is 0.278. The van der Waals surface area contributed by atoms with Crippen LogP contribution in [-0.2, 0) is 4.79 Å². The van der Waals surface area contributed by atoms with Gasteiger partial charge in [0.05, 0.1) is 25.7 Å². The second kappa shape index (κ2) is 6.40. The Balaban J connectivity index is 1.73. The van der Waals surface area contributed by atoms with E-state index in [9.17, 15) is 4.79 Å². The molecule has 0 radical (unpaired) electrons. The van der Waals surface area contributed by atoms with Crippen molar-refractivity contribution in [2.75, 3.05) is 31.7 Å². The zero-order chi connectivity index (χ0) is 17.4. The Kier molecular flexibility index (Phi) is 4.09. The van der Waals surface area contributed by atoms with E-state index in [1.54, 1.807) is 36.9 Å². The van der Waals surface area contributed by atoms with E-state index < -0.39 is 0 Å². The third-order valence-electron chi connectivity index (χ3n) is 4.20. The molecular weight excluding hydrogens is 342 g/mol. The fourth-order valence-electron chi connectivity index (χ4n) is 2.98. The highest BCUT2D eigenvalue weighted by Crippen LogP contribution is 2.47. The molecular formula is C18H17NO5S. The minimum atomic E-state index is -0.149. The van der Waals surface area contributed by atoms with Crippen LogP contribution < -0.4 is 23.8 Å². The van der Waals surface area contributed by atoms with Gasteiger partial charge in [0.2, 0.25) is 12.7 Å². The van der Waals surface area contributed by atoms with Crippen molar-refractivity contribution in [1.82, 2.24) is 0 Å². The number of hydrogen-bond acceptors (Lipinski definition) is 6. The number of hydrogen-bond donors (Lipinski definition) is 0. The number of fused-ring (bicyclic) bond motifs is 1. The lowest BCUT2D eigenvalue weighted by Gasteiger charge is -2.26. The van der Waals surface area contributed by atoms with Crippen LogP contribution in [0.25, 0.3) is 0 Å². The molecule has 25 heavy (non-hydrogen) atoms. The summed E-state index contributed by atoms with van der Waals surface area (Å²) in [6.45, 7) is 0.228. The Bertz CT molecular complexity index is 825. The summed E-state index contributed by atoms with van der Waals surface area (Å²) >= 11 is 1.57. The van der Waals surface area contributed by atoms with Crippen molar-refractivity contribution in [2.45, 2.75) is 5.37 Å². The van der Waals surface area contributed by atoms with E-state index in [1.165, 1.54) is 0 Å². The van der Waals surface area contributed by atoms with Gasteiger partial charge in [-0.05, 0) is 29.8 Å². The maximum Gasteiger partial charge on any atom is 0.238 e. The summed E-state index contributed by atoms with van der Waals surface area (Å²) in [4.78, 5) is 14.3. The highest BCUT2D eigenvalue weighted by molar-refractivity contribution is 8.00. The SMILES string of the molecule is COc1ccc(N2C(=O)CS[C@H]2c2ccc3c(c2)OCO3)c(OC)c1. The molecule has 0 saturated carbocycles. The maximum atomic E-state index is 12.6. The van der Waals surface area contributed by atoms with Crippen LogP contribution >= 0.6 is 11.8 Å². The van der Waals surface area contributed by atoms with Crippen LogP contribution in [0.3, 0.4) is 0 Å². The second-order valence-corrected chi connectivity index (χ2v) is 6.65. The smallest absolute Gasteiger partial charge is 0.238 e. The monoisotopic (exact) mass is 359 g/mol. The number of carbonyl (C=O) groups is 1. The molecule has 2 heterocycles. The van der Waals surface area contributed by atoms with Crippen LogP contribution in [0.15, 0.2) is 36.4 Å². The number of anilines is 1. The molecule has 0 aliphatic carbocycles. The summed E-state index contributed by atoms with van der Waals surface area (Å²) in [7, 11) is 3.18. The molecule has 0 unspecified atom stereocenters. The quantitative estimate of drug-likeness (QED) is 0.836. The molecule has 130 valence electrons. The van der Waals surface area contributed by atoms with Gasteiger partial charge in [-0.25, -0.2) is 0 Å². The second-order valence-electron chi connectivity index (χ2n) is 5.58. The van der Waals surface area contributed by atoms with Gasteiger partial charge in [0.25, 0.3) is 0 Å². The van der Waals surface area contributed by atoms with Gasteiger partial charge in [-0.15, -0.1) is 11.8 Å². The summed E-state index contributed by atoms with van der Waals surface area (Å²) in [5.74, 6) is 3.16. The number of benzene rings is 2. The molecule has 0 bridgehead atoms. The van der Waals surface area contributed by atoms with E-state index in [0.29, 0.717) is 23.0 Å². The first-order chi connectivity index (χ1) is 12.2. The van der Waals surface area contributed by atoms with Crippen molar-refractivity contribution >= 4 is 23.4 Å². The summed E-state index contributed by atoms with van der Waals surface area (Å²) in [5.41, 5.74) is 1.71. The topological polar surface area (TPSA) is 57.2 Å². The van der Waals surface area contributed by atoms with Crippen LogP contribution in [-0.4, -0.2) is 32.7 Å². The minimum Gasteiger partial charge on any atom is -0.497 e. The van der Waals surface area contributed by atoms with Gasteiger partial charge in [0.1, 0.15) is 16.9 Å². The lowest BCUT2D eigenvalue weighted by atomic mass is 10.1. The Morgan fingerprint density at radius 2 is 1.92 bits per heavy atom. The highest BCUT2D eigenvalue weighted by Gasteiger charge is 2.36. The van der Waals surface area contributed by atoms with E-state index in [4.69, 9.17) is 18.9 Å². The molecule has 2 aromatic carbocycles. The first-order valence-corrected chi connectivity index (χ1v) is 8.81. The zero-order valence-corrected chi connectivity index (χ0v) is 14.7. The third-order valence-corrected chi connectivity index (χ3v) is 5.41. The number of thioether (sulfide) groups is 1. The normalized spacial score (nSPS) is 18.6. The van der Waals surface area contributed by atoms with E-state index in [-0.39, 0.29) is 18.1 Å². The summed E-state index contributed by atoms with van der Waals surface area (Å²) < 4.78 is 21.6. The van der Waals surface area contributed by atoms with Gasteiger partial charge >= 0.3 is 0 Å². The third kappa shape index (κ3) is 2.74. The first kappa shape index (κ1) is 16.0. The molecule has 2 aliphatic heterocycles. The highest BCUT2D eigenvalue weighted by atomic mass is 32.2. The van der Waals surface area contributed by atoms with Crippen molar-refractivity contribution in [2.24, 2.45) is 0 Å². The van der Waals surface area contributed by atoms with Gasteiger partial charge in [0, 0.05) is 6.07 Å². The average molecular weight is 359 g/mol. The van der Waals surface area contributed by atoms with E-state index in [0.717, 1.165) is 17.0 Å².